The highest BCUT2D eigenvalue weighted by molar-refractivity contribution is 6.31. The molecule has 2 heterocycles. The number of nitrogens with zero attached hydrogens (tertiary/aromatic N) is 2. The van der Waals surface area contributed by atoms with E-state index in [2.05, 4.69) is 10.3 Å². The lowest BCUT2D eigenvalue weighted by Gasteiger charge is -2.24. The standard InChI is InChI=1S/C25H23Cl2N3O4/c1-25(2,3)34-24(33)30-9-8-14(13-30)19-12-28-20-6-4-15(26)10-17(20)22(19)29-21-7-5-16(27)11-18(21)23(31)32/h4-8,10-12H,9,13H2,1-3H3,(H,28,29)(H,31,32). The van der Waals surface area contributed by atoms with Crippen LogP contribution < -0.4 is 5.32 Å². The number of carbonyl (C=O) groups is 2. The first-order valence-corrected chi connectivity index (χ1v) is 11.3. The second-order valence-corrected chi connectivity index (χ2v) is 9.79. The number of nitrogens with one attached hydrogen (secondary N) is 1. The Labute approximate surface area is 206 Å². The lowest BCUT2D eigenvalue weighted by Crippen LogP contribution is -2.35. The number of fused-ring (bicyclic) bond motifs is 1. The summed E-state index contributed by atoms with van der Waals surface area (Å²) in [6.45, 7) is 6.17. The highest BCUT2D eigenvalue weighted by Crippen LogP contribution is 2.37. The second-order valence-electron chi connectivity index (χ2n) is 8.92. The third kappa shape index (κ3) is 5.11. The molecule has 0 spiro atoms. The number of hydrogen-bond donors (Lipinski definition) is 2. The minimum absolute atomic E-state index is 0.0289. The third-order valence-corrected chi connectivity index (χ3v) is 5.69. The number of carboxylic acid groups (broad SMARTS) is 1. The number of pyridine rings is 1. The molecule has 34 heavy (non-hydrogen) atoms. The minimum Gasteiger partial charge on any atom is -0.478 e. The number of rotatable bonds is 4. The van der Waals surface area contributed by atoms with Crippen molar-refractivity contribution in [3.8, 4) is 0 Å². The fourth-order valence-electron chi connectivity index (χ4n) is 3.70. The Bertz CT molecular complexity index is 1330. The van der Waals surface area contributed by atoms with Crippen LogP contribution in [0.25, 0.3) is 16.5 Å². The highest BCUT2D eigenvalue weighted by Gasteiger charge is 2.27. The molecule has 2 N–H and O–H groups in total. The molecule has 176 valence electrons. The van der Waals surface area contributed by atoms with Gasteiger partial charge in [0.1, 0.15) is 5.60 Å². The van der Waals surface area contributed by atoms with Gasteiger partial charge in [-0.2, -0.15) is 0 Å². The van der Waals surface area contributed by atoms with Gasteiger partial charge >= 0.3 is 12.1 Å². The van der Waals surface area contributed by atoms with Crippen molar-refractivity contribution >= 4 is 63.1 Å². The van der Waals surface area contributed by atoms with Gasteiger partial charge in [-0.15, -0.1) is 0 Å². The zero-order valence-corrected chi connectivity index (χ0v) is 20.4. The van der Waals surface area contributed by atoms with Crippen molar-refractivity contribution in [3.63, 3.8) is 0 Å². The zero-order chi connectivity index (χ0) is 24.6. The van der Waals surface area contributed by atoms with E-state index >= 15 is 0 Å². The molecule has 3 aromatic rings. The van der Waals surface area contributed by atoms with Crippen molar-refractivity contribution in [2.24, 2.45) is 0 Å². The van der Waals surface area contributed by atoms with Crippen LogP contribution in [0.2, 0.25) is 10.0 Å². The molecule has 0 unspecified atom stereocenters. The topological polar surface area (TPSA) is 91.8 Å². The summed E-state index contributed by atoms with van der Waals surface area (Å²) in [6, 6.07) is 9.93. The van der Waals surface area contributed by atoms with E-state index in [1.165, 1.54) is 6.07 Å². The van der Waals surface area contributed by atoms with Gasteiger partial charge in [0, 0.05) is 40.3 Å². The fraction of sp³-hybridized carbons (Fsp3) is 0.240. The minimum atomic E-state index is -1.11. The van der Waals surface area contributed by atoms with E-state index in [9.17, 15) is 14.7 Å². The zero-order valence-electron chi connectivity index (χ0n) is 18.9. The van der Waals surface area contributed by atoms with Gasteiger partial charge in [0.2, 0.25) is 0 Å². The molecular formula is C25H23Cl2N3O4. The van der Waals surface area contributed by atoms with Gasteiger partial charge in [-0.05, 0) is 62.7 Å². The Hall–Kier alpha value is -3.29. The molecule has 0 atom stereocenters. The summed E-state index contributed by atoms with van der Waals surface area (Å²) in [5, 5.41) is 14.5. The van der Waals surface area contributed by atoms with Crippen LogP contribution in [0.15, 0.2) is 48.7 Å². The number of ether oxygens (including phenoxy) is 1. The van der Waals surface area contributed by atoms with E-state index < -0.39 is 17.7 Å². The summed E-state index contributed by atoms with van der Waals surface area (Å²) in [4.78, 5) is 30.6. The molecule has 0 radical (unpaired) electrons. The molecule has 9 heteroatoms. The summed E-state index contributed by atoms with van der Waals surface area (Å²) >= 11 is 12.3. The molecule has 4 rings (SSSR count). The van der Waals surface area contributed by atoms with Crippen molar-refractivity contribution in [3.05, 3.63) is 69.8 Å². The SMILES string of the molecule is CC(C)(C)OC(=O)N1CC=C(c2cnc3ccc(Cl)cc3c2Nc2ccc(Cl)cc2C(=O)O)C1. The van der Waals surface area contributed by atoms with Crippen molar-refractivity contribution in [1.29, 1.82) is 0 Å². The van der Waals surface area contributed by atoms with Gasteiger partial charge in [0.05, 0.1) is 22.5 Å². The number of aromatic carboxylic acids is 1. The normalized spacial score (nSPS) is 13.7. The maximum Gasteiger partial charge on any atom is 0.410 e. The molecule has 0 aliphatic carbocycles. The predicted octanol–water partition coefficient (Wildman–Crippen LogP) is 6.62. The number of carboxylic acids is 1. The van der Waals surface area contributed by atoms with Gasteiger partial charge < -0.3 is 20.1 Å². The van der Waals surface area contributed by atoms with E-state index in [1.807, 2.05) is 26.8 Å². The van der Waals surface area contributed by atoms with Crippen molar-refractivity contribution in [2.75, 3.05) is 18.4 Å². The van der Waals surface area contributed by atoms with E-state index in [1.54, 1.807) is 41.4 Å². The number of amides is 1. The molecule has 0 saturated carbocycles. The average Bonchev–Trinajstić information content (AvgIpc) is 3.24. The summed E-state index contributed by atoms with van der Waals surface area (Å²) in [5.41, 5.74) is 2.70. The van der Waals surface area contributed by atoms with Gasteiger partial charge in [-0.25, -0.2) is 9.59 Å². The van der Waals surface area contributed by atoms with E-state index in [0.29, 0.717) is 45.4 Å². The lowest BCUT2D eigenvalue weighted by atomic mass is 10.0. The van der Waals surface area contributed by atoms with Crippen LogP contribution in [-0.4, -0.2) is 45.7 Å². The fourth-order valence-corrected chi connectivity index (χ4v) is 4.04. The molecule has 7 nitrogen and oxygen atoms in total. The lowest BCUT2D eigenvalue weighted by molar-refractivity contribution is 0.0306. The van der Waals surface area contributed by atoms with Crippen LogP contribution in [0.3, 0.4) is 0 Å². The highest BCUT2D eigenvalue weighted by atomic mass is 35.5. The number of aromatic nitrogens is 1. The smallest absolute Gasteiger partial charge is 0.410 e. The summed E-state index contributed by atoms with van der Waals surface area (Å²) in [7, 11) is 0. The quantitative estimate of drug-likeness (QED) is 0.419. The van der Waals surface area contributed by atoms with Crippen LogP contribution in [0, 0.1) is 0 Å². The average molecular weight is 500 g/mol. The van der Waals surface area contributed by atoms with E-state index in [-0.39, 0.29) is 5.56 Å². The van der Waals surface area contributed by atoms with Crippen LogP contribution in [0.1, 0.15) is 36.7 Å². The molecule has 0 fully saturated rings. The maximum absolute atomic E-state index is 12.6. The van der Waals surface area contributed by atoms with Gasteiger partial charge in [0.25, 0.3) is 0 Å². The monoisotopic (exact) mass is 499 g/mol. The largest absolute Gasteiger partial charge is 0.478 e. The Morgan fingerprint density at radius 3 is 2.53 bits per heavy atom. The molecule has 0 bridgehead atoms. The maximum atomic E-state index is 12.6. The van der Waals surface area contributed by atoms with Crippen molar-refractivity contribution in [2.45, 2.75) is 26.4 Å². The number of carbonyl (C=O) groups excluding carboxylic acids is 1. The van der Waals surface area contributed by atoms with Crippen LogP contribution in [0.4, 0.5) is 16.2 Å². The molecule has 1 aromatic heterocycles. The predicted molar refractivity (Wildman–Crippen MR) is 134 cm³/mol. The molecule has 1 aliphatic heterocycles. The van der Waals surface area contributed by atoms with Crippen molar-refractivity contribution in [1.82, 2.24) is 9.88 Å². The molecule has 1 aliphatic rings. The second kappa shape index (κ2) is 9.16. The number of benzene rings is 2. The van der Waals surface area contributed by atoms with Crippen LogP contribution >= 0.6 is 23.2 Å². The first-order chi connectivity index (χ1) is 16.0. The van der Waals surface area contributed by atoms with E-state index in [4.69, 9.17) is 27.9 Å². The van der Waals surface area contributed by atoms with E-state index in [0.717, 1.165) is 11.1 Å². The molecule has 0 saturated heterocycles. The Kier molecular flexibility index (Phi) is 6.43. The summed E-state index contributed by atoms with van der Waals surface area (Å²) in [5.74, 6) is -1.11. The van der Waals surface area contributed by atoms with Crippen molar-refractivity contribution < 1.29 is 19.4 Å². The number of anilines is 2. The van der Waals surface area contributed by atoms with Crippen LogP contribution in [-0.2, 0) is 4.74 Å². The first-order valence-electron chi connectivity index (χ1n) is 10.6. The number of hydrogen-bond acceptors (Lipinski definition) is 5. The molecule has 2 aromatic carbocycles. The van der Waals surface area contributed by atoms with Gasteiger partial charge in [0.15, 0.2) is 0 Å². The van der Waals surface area contributed by atoms with Crippen LogP contribution in [0.5, 0.6) is 0 Å². The Balaban J connectivity index is 1.77. The first kappa shape index (κ1) is 23.9. The summed E-state index contributed by atoms with van der Waals surface area (Å²) < 4.78 is 5.50. The third-order valence-electron chi connectivity index (χ3n) is 5.22. The Morgan fingerprint density at radius 2 is 1.82 bits per heavy atom. The number of halogens is 2. The van der Waals surface area contributed by atoms with Gasteiger partial charge in [-0.3, -0.25) is 4.98 Å². The molecular weight excluding hydrogens is 477 g/mol. The molecule has 1 amide bonds. The summed E-state index contributed by atoms with van der Waals surface area (Å²) in [6.07, 6.45) is 3.23. The van der Waals surface area contributed by atoms with Gasteiger partial charge in [-0.1, -0.05) is 29.3 Å². The Morgan fingerprint density at radius 1 is 1.12 bits per heavy atom.